The molecule has 0 fully saturated rings. The van der Waals surface area contributed by atoms with Crippen molar-refractivity contribution >= 4 is 0 Å². The van der Waals surface area contributed by atoms with Gasteiger partial charge in [0.15, 0.2) is 6.61 Å². The van der Waals surface area contributed by atoms with Crippen LogP contribution in [0.1, 0.15) is 0 Å². The van der Waals surface area contributed by atoms with Gasteiger partial charge in [0.25, 0.3) is 0 Å². The fourth-order valence-corrected chi connectivity index (χ4v) is 0.536. The van der Waals surface area contributed by atoms with Gasteiger partial charge < -0.3 is 4.74 Å². The first-order chi connectivity index (χ1) is 4.93. The second-order valence-corrected chi connectivity index (χ2v) is 1.62. The summed E-state index contributed by atoms with van der Waals surface area (Å²) in [6.07, 6.45) is 0. The molecule has 0 aliphatic heterocycles. The summed E-state index contributed by atoms with van der Waals surface area (Å²) in [5.74, 6) is 0.629. The van der Waals surface area contributed by atoms with Crippen LogP contribution in [0.4, 0.5) is 0 Å². The smallest absolute Gasteiger partial charge is 0.174 e. The van der Waals surface area contributed by atoms with Gasteiger partial charge in [0.1, 0.15) is 11.8 Å². The molecule has 0 bridgehead atoms. The van der Waals surface area contributed by atoms with Gasteiger partial charge in [0.05, 0.1) is 0 Å². The molecule has 0 aliphatic carbocycles. The molecule has 0 aliphatic rings. The highest BCUT2D eigenvalue weighted by Gasteiger charge is 1.87. The Bertz CT molecular complexity index is 225. The van der Waals surface area contributed by atoms with Gasteiger partial charge in [0.2, 0.25) is 0 Å². The molecular formula is C8H5NO. The second kappa shape index (κ2) is 3.52. The van der Waals surface area contributed by atoms with Crippen LogP contribution < -0.4 is 4.74 Å². The SMILES string of the molecule is N#CCOc1c[c]c[c]c1. The number of hydrogen-bond donors (Lipinski definition) is 0. The maximum Gasteiger partial charge on any atom is 0.174 e. The van der Waals surface area contributed by atoms with Crippen LogP contribution in [0.2, 0.25) is 0 Å². The Hall–Kier alpha value is -1.49. The fourth-order valence-electron chi connectivity index (χ4n) is 0.536. The molecule has 10 heavy (non-hydrogen) atoms. The monoisotopic (exact) mass is 131 g/mol. The van der Waals surface area contributed by atoms with E-state index in [9.17, 15) is 0 Å². The number of rotatable bonds is 2. The summed E-state index contributed by atoms with van der Waals surface area (Å²) >= 11 is 0. The molecule has 0 N–H and O–H groups in total. The van der Waals surface area contributed by atoms with Crippen molar-refractivity contribution < 1.29 is 4.74 Å². The molecule has 48 valence electrons. The molecule has 0 saturated carbocycles. The van der Waals surface area contributed by atoms with Crippen molar-refractivity contribution in [1.82, 2.24) is 0 Å². The second-order valence-electron chi connectivity index (χ2n) is 1.62. The Morgan fingerprint density at radius 3 is 2.80 bits per heavy atom. The Labute approximate surface area is 59.7 Å². The summed E-state index contributed by atoms with van der Waals surface area (Å²) in [6.45, 7) is 0.0751. The predicted octanol–water partition coefficient (Wildman–Crippen LogP) is 1.19. The number of nitrogens with zero attached hydrogens (tertiary/aromatic N) is 1. The van der Waals surface area contributed by atoms with E-state index < -0.39 is 0 Å². The lowest BCUT2D eigenvalue weighted by atomic mass is 10.3. The maximum absolute atomic E-state index is 8.13. The topological polar surface area (TPSA) is 33.0 Å². The zero-order chi connectivity index (χ0) is 7.23. The van der Waals surface area contributed by atoms with Crippen molar-refractivity contribution in [2.45, 2.75) is 0 Å². The van der Waals surface area contributed by atoms with E-state index in [0.717, 1.165) is 0 Å². The van der Waals surface area contributed by atoms with Crippen molar-refractivity contribution in [3.05, 3.63) is 30.3 Å². The van der Waals surface area contributed by atoms with Crippen molar-refractivity contribution in [3.63, 3.8) is 0 Å². The van der Waals surface area contributed by atoms with Crippen LogP contribution in [-0.4, -0.2) is 6.61 Å². The van der Waals surface area contributed by atoms with Crippen LogP contribution >= 0.6 is 0 Å². The lowest BCUT2D eigenvalue weighted by molar-refractivity contribution is 0.368. The minimum atomic E-state index is 0.0751. The van der Waals surface area contributed by atoms with Gasteiger partial charge in [-0.1, -0.05) is 0 Å². The first-order valence-electron chi connectivity index (χ1n) is 2.80. The first-order valence-corrected chi connectivity index (χ1v) is 2.80. The van der Waals surface area contributed by atoms with Crippen LogP contribution in [0.3, 0.4) is 0 Å². The van der Waals surface area contributed by atoms with Crippen molar-refractivity contribution in [3.8, 4) is 11.8 Å². The minimum absolute atomic E-state index is 0.0751. The molecule has 0 unspecified atom stereocenters. The lowest BCUT2D eigenvalue weighted by Crippen LogP contribution is -1.91. The predicted molar refractivity (Wildman–Crippen MR) is 35.2 cm³/mol. The highest BCUT2D eigenvalue weighted by molar-refractivity contribution is 5.19. The number of nitriles is 1. The Balaban J connectivity index is 2.52. The van der Waals surface area contributed by atoms with E-state index in [-0.39, 0.29) is 6.61 Å². The number of hydrogen-bond acceptors (Lipinski definition) is 2. The van der Waals surface area contributed by atoms with E-state index >= 15 is 0 Å². The molecule has 0 saturated heterocycles. The highest BCUT2D eigenvalue weighted by atomic mass is 16.5. The molecule has 0 spiro atoms. The van der Waals surface area contributed by atoms with Gasteiger partial charge in [-0.15, -0.1) is 0 Å². The van der Waals surface area contributed by atoms with E-state index in [4.69, 9.17) is 10.00 Å². The van der Waals surface area contributed by atoms with Crippen LogP contribution in [-0.2, 0) is 0 Å². The lowest BCUT2D eigenvalue weighted by Gasteiger charge is -1.97. The van der Waals surface area contributed by atoms with Gasteiger partial charge in [-0.2, -0.15) is 5.26 Å². The quantitative estimate of drug-likeness (QED) is 0.604. The van der Waals surface area contributed by atoms with Crippen LogP contribution in [0.15, 0.2) is 18.2 Å². The van der Waals surface area contributed by atoms with Crippen LogP contribution in [0, 0.1) is 23.5 Å². The molecule has 0 atom stereocenters. The van der Waals surface area contributed by atoms with Crippen molar-refractivity contribution in [2.75, 3.05) is 6.61 Å². The van der Waals surface area contributed by atoms with Crippen molar-refractivity contribution in [2.24, 2.45) is 0 Å². The Kier molecular flexibility index (Phi) is 2.33. The summed E-state index contributed by atoms with van der Waals surface area (Å²) in [6, 6.07) is 12.4. The molecule has 2 nitrogen and oxygen atoms in total. The molecule has 0 heterocycles. The van der Waals surface area contributed by atoms with Crippen LogP contribution in [0.5, 0.6) is 5.75 Å². The first kappa shape index (κ1) is 6.63. The molecule has 0 amide bonds. The molecule has 1 aromatic carbocycles. The normalized spacial score (nSPS) is 8.30. The summed E-state index contributed by atoms with van der Waals surface area (Å²) in [7, 11) is 0. The van der Waals surface area contributed by atoms with E-state index in [1.165, 1.54) is 0 Å². The largest absolute Gasteiger partial charge is 0.479 e. The molecular weight excluding hydrogens is 126 g/mol. The minimum Gasteiger partial charge on any atom is -0.479 e. The van der Waals surface area contributed by atoms with E-state index in [1.54, 1.807) is 18.2 Å². The summed E-state index contributed by atoms with van der Waals surface area (Å²) in [5, 5.41) is 8.13. The molecule has 1 rings (SSSR count). The van der Waals surface area contributed by atoms with E-state index in [0.29, 0.717) is 5.75 Å². The van der Waals surface area contributed by atoms with Gasteiger partial charge >= 0.3 is 0 Å². The van der Waals surface area contributed by atoms with E-state index in [2.05, 4.69) is 12.1 Å². The molecule has 1 aromatic rings. The van der Waals surface area contributed by atoms with Crippen LogP contribution in [0.25, 0.3) is 0 Å². The van der Waals surface area contributed by atoms with E-state index in [1.807, 2.05) is 6.07 Å². The molecule has 2 radical (unpaired) electrons. The average molecular weight is 131 g/mol. The third-order valence-corrected chi connectivity index (χ3v) is 0.921. The van der Waals surface area contributed by atoms with Gasteiger partial charge in [-0.3, -0.25) is 0 Å². The molecule has 0 aromatic heterocycles. The van der Waals surface area contributed by atoms with Gasteiger partial charge in [-0.05, 0) is 30.3 Å². The third kappa shape index (κ3) is 1.79. The van der Waals surface area contributed by atoms with Crippen molar-refractivity contribution in [1.29, 1.82) is 5.26 Å². The third-order valence-electron chi connectivity index (χ3n) is 0.921. The summed E-state index contributed by atoms with van der Waals surface area (Å²) < 4.78 is 4.93. The zero-order valence-electron chi connectivity index (χ0n) is 5.29. The molecule has 2 heteroatoms. The zero-order valence-corrected chi connectivity index (χ0v) is 5.29. The number of ether oxygens (including phenoxy) is 1. The summed E-state index contributed by atoms with van der Waals surface area (Å²) in [4.78, 5) is 0. The number of benzene rings is 1. The van der Waals surface area contributed by atoms with Gasteiger partial charge in [-0.25, -0.2) is 0 Å². The Morgan fingerprint density at radius 2 is 2.20 bits per heavy atom. The fraction of sp³-hybridized carbons (Fsp3) is 0.125. The average Bonchev–Trinajstić information content (AvgIpc) is 2.03. The summed E-state index contributed by atoms with van der Waals surface area (Å²) in [5.41, 5.74) is 0. The standard InChI is InChI=1S/C8H5NO/c9-6-7-10-8-4-2-1-3-5-8/h1,4-5H,7H2. The Morgan fingerprint density at radius 1 is 1.50 bits per heavy atom. The maximum atomic E-state index is 8.13. The van der Waals surface area contributed by atoms with Gasteiger partial charge in [0, 0.05) is 0 Å². The highest BCUT2D eigenvalue weighted by Crippen LogP contribution is 2.05.